The minimum Gasteiger partial charge on any atom is -0.349 e. The molecule has 1 aliphatic rings. The van der Waals surface area contributed by atoms with Crippen LogP contribution < -0.4 is 10.2 Å². The number of rotatable bonds is 5. The zero-order chi connectivity index (χ0) is 19.6. The van der Waals surface area contributed by atoms with Gasteiger partial charge in [-0.25, -0.2) is 9.07 Å². The number of aryl methyl sites for hydroxylation is 2. The molecule has 27 heavy (non-hydrogen) atoms. The Hall–Kier alpha value is -3.01. The number of halogens is 1. The molecule has 9 nitrogen and oxygen atoms in total. The predicted molar refractivity (Wildman–Crippen MR) is 98.3 cm³/mol. The van der Waals surface area contributed by atoms with Crippen LogP contribution in [0.25, 0.3) is 0 Å². The molecule has 2 heterocycles. The van der Waals surface area contributed by atoms with E-state index in [1.807, 2.05) is 9.80 Å². The van der Waals surface area contributed by atoms with E-state index in [1.165, 1.54) is 28.9 Å². The van der Waals surface area contributed by atoms with Crippen LogP contribution in [0.5, 0.6) is 0 Å². The fourth-order valence-corrected chi connectivity index (χ4v) is 3.26. The summed E-state index contributed by atoms with van der Waals surface area (Å²) in [6.07, 6.45) is 0. The van der Waals surface area contributed by atoms with Gasteiger partial charge >= 0.3 is 5.69 Å². The van der Waals surface area contributed by atoms with E-state index < -0.39 is 4.92 Å². The Balaban J connectivity index is 1.57. The Morgan fingerprint density at radius 1 is 1.26 bits per heavy atom. The molecule has 0 atom stereocenters. The first kappa shape index (κ1) is 18.8. The van der Waals surface area contributed by atoms with Crippen molar-refractivity contribution >= 4 is 23.1 Å². The molecule has 1 aromatic carbocycles. The van der Waals surface area contributed by atoms with E-state index in [1.54, 1.807) is 14.0 Å². The van der Waals surface area contributed by atoms with Crippen LogP contribution in [0.2, 0.25) is 0 Å². The van der Waals surface area contributed by atoms with Gasteiger partial charge in [-0.3, -0.25) is 19.8 Å². The molecule has 3 rings (SSSR count). The second-order valence-electron chi connectivity index (χ2n) is 6.46. The van der Waals surface area contributed by atoms with E-state index in [2.05, 4.69) is 10.4 Å². The minimum atomic E-state index is -0.403. The van der Waals surface area contributed by atoms with E-state index in [9.17, 15) is 19.3 Å². The van der Waals surface area contributed by atoms with Crippen LogP contribution in [0.4, 0.5) is 21.6 Å². The van der Waals surface area contributed by atoms with Crippen molar-refractivity contribution in [2.75, 3.05) is 42.9 Å². The third kappa shape index (κ3) is 4.22. The summed E-state index contributed by atoms with van der Waals surface area (Å²) < 4.78 is 14.4. The summed E-state index contributed by atoms with van der Waals surface area (Å²) in [4.78, 5) is 27.0. The second-order valence-corrected chi connectivity index (χ2v) is 6.46. The van der Waals surface area contributed by atoms with Crippen LogP contribution in [-0.2, 0) is 11.8 Å². The van der Waals surface area contributed by atoms with Gasteiger partial charge in [-0.15, -0.1) is 0 Å². The van der Waals surface area contributed by atoms with E-state index in [0.717, 1.165) is 0 Å². The molecule has 1 aromatic heterocycles. The summed E-state index contributed by atoms with van der Waals surface area (Å²) in [6.45, 7) is 4.14. The standard InChI is InChI=1S/C17H21FN6O3/c1-12-16(24(26)27)17(21(2)20-12)23-9-7-22(8-10-23)11-15(25)19-14-5-3-13(18)4-6-14/h3-6H,7-11H2,1-2H3,(H,19,25). The van der Waals surface area contributed by atoms with E-state index >= 15 is 0 Å². The fourth-order valence-electron chi connectivity index (χ4n) is 3.26. The molecule has 0 bridgehead atoms. The van der Waals surface area contributed by atoms with Crippen molar-refractivity contribution < 1.29 is 14.1 Å². The van der Waals surface area contributed by atoms with Crippen molar-refractivity contribution in [3.8, 4) is 0 Å². The quantitative estimate of drug-likeness (QED) is 0.628. The van der Waals surface area contributed by atoms with Crippen molar-refractivity contribution in [3.05, 3.63) is 45.9 Å². The molecule has 0 saturated carbocycles. The number of hydrogen-bond donors (Lipinski definition) is 1. The highest BCUT2D eigenvalue weighted by Gasteiger charge is 2.30. The third-order valence-corrected chi connectivity index (χ3v) is 4.51. The van der Waals surface area contributed by atoms with Crippen molar-refractivity contribution in [2.24, 2.45) is 7.05 Å². The molecule has 0 aliphatic carbocycles. The molecule has 1 saturated heterocycles. The molecule has 144 valence electrons. The Morgan fingerprint density at radius 3 is 2.48 bits per heavy atom. The highest BCUT2D eigenvalue weighted by molar-refractivity contribution is 5.92. The zero-order valence-corrected chi connectivity index (χ0v) is 15.2. The molecule has 0 radical (unpaired) electrons. The lowest BCUT2D eigenvalue weighted by Crippen LogP contribution is -2.49. The Labute approximate surface area is 155 Å². The summed E-state index contributed by atoms with van der Waals surface area (Å²) in [5, 5.41) is 18.2. The van der Waals surface area contributed by atoms with Gasteiger partial charge in [0, 0.05) is 38.9 Å². The van der Waals surface area contributed by atoms with Gasteiger partial charge in [0.15, 0.2) is 0 Å². The molecule has 1 fully saturated rings. The highest BCUT2D eigenvalue weighted by Crippen LogP contribution is 2.31. The van der Waals surface area contributed by atoms with E-state index in [4.69, 9.17) is 0 Å². The number of nitro groups is 1. The number of anilines is 2. The lowest BCUT2D eigenvalue weighted by atomic mass is 10.2. The van der Waals surface area contributed by atoms with Crippen LogP contribution in [0, 0.1) is 22.9 Å². The molecule has 1 aliphatic heterocycles. The average Bonchev–Trinajstić information content (AvgIpc) is 2.92. The Bertz CT molecular complexity index is 843. The summed E-state index contributed by atoms with van der Waals surface area (Å²) in [6, 6.07) is 5.60. The molecular formula is C17H21FN6O3. The lowest BCUT2D eigenvalue weighted by Gasteiger charge is -2.34. The van der Waals surface area contributed by atoms with Gasteiger partial charge < -0.3 is 10.2 Å². The molecule has 0 spiro atoms. The number of aromatic nitrogens is 2. The SMILES string of the molecule is Cc1nn(C)c(N2CCN(CC(=O)Nc3ccc(F)cc3)CC2)c1[N+](=O)[O-]. The number of carbonyl (C=O) groups is 1. The number of amides is 1. The van der Waals surface area contributed by atoms with Crippen LogP contribution in [0.15, 0.2) is 24.3 Å². The van der Waals surface area contributed by atoms with Gasteiger partial charge in [-0.05, 0) is 31.2 Å². The second kappa shape index (κ2) is 7.70. The molecule has 10 heteroatoms. The minimum absolute atomic E-state index is 0.0278. The first-order valence-electron chi connectivity index (χ1n) is 8.56. The van der Waals surface area contributed by atoms with E-state index in [-0.39, 0.29) is 24.0 Å². The van der Waals surface area contributed by atoms with Crippen molar-refractivity contribution in [3.63, 3.8) is 0 Å². The van der Waals surface area contributed by atoms with Gasteiger partial charge in [0.05, 0.1) is 11.5 Å². The number of benzene rings is 1. The monoisotopic (exact) mass is 376 g/mol. The summed E-state index contributed by atoms with van der Waals surface area (Å²) in [5.41, 5.74) is 0.958. The van der Waals surface area contributed by atoms with Crippen molar-refractivity contribution in [1.29, 1.82) is 0 Å². The smallest absolute Gasteiger partial charge is 0.333 e. The number of carbonyl (C=O) groups excluding carboxylic acids is 1. The maximum absolute atomic E-state index is 12.9. The van der Waals surface area contributed by atoms with Gasteiger partial charge in [0.2, 0.25) is 11.7 Å². The van der Waals surface area contributed by atoms with Crippen LogP contribution >= 0.6 is 0 Å². The maximum Gasteiger partial charge on any atom is 0.333 e. The van der Waals surface area contributed by atoms with Crippen molar-refractivity contribution in [1.82, 2.24) is 14.7 Å². The van der Waals surface area contributed by atoms with Gasteiger partial charge in [0.1, 0.15) is 11.5 Å². The number of piperazine rings is 1. The maximum atomic E-state index is 12.9. The summed E-state index contributed by atoms with van der Waals surface area (Å²) in [5.74, 6) is -0.0473. The normalized spacial score (nSPS) is 15.0. The number of nitrogens with zero attached hydrogens (tertiary/aromatic N) is 5. The first-order valence-corrected chi connectivity index (χ1v) is 8.56. The summed E-state index contributed by atoms with van der Waals surface area (Å²) >= 11 is 0. The number of hydrogen-bond acceptors (Lipinski definition) is 6. The molecule has 1 amide bonds. The largest absolute Gasteiger partial charge is 0.349 e. The predicted octanol–water partition coefficient (Wildman–Crippen LogP) is 1.54. The van der Waals surface area contributed by atoms with Crippen molar-refractivity contribution in [2.45, 2.75) is 6.92 Å². The Morgan fingerprint density at radius 2 is 1.89 bits per heavy atom. The topological polar surface area (TPSA) is 96.5 Å². The zero-order valence-electron chi connectivity index (χ0n) is 15.2. The molecule has 2 aromatic rings. The third-order valence-electron chi connectivity index (χ3n) is 4.51. The van der Waals surface area contributed by atoms with Gasteiger partial charge in [0.25, 0.3) is 0 Å². The average molecular weight is 376 g/mol. The fraction of sp³-hybridized carbons (Fsp3) is 0.412. The van der Waals surface area contributed by atoms with Gasteiger partial charge in [-0.2, -0.15) is 5.10 Å². The summed E-state index contributed by atoms with van der Waals surface area (Å²) in [7, 11) is 1.69. The number of nitrogens with one attached hydrogen (secondary N) is 1. The van der Waals surface area contributed by atoms with Crippen LogP contribution in [0.3, 0.4) is 0 Å². The highest BCUT2D eigenvalue weighted by atomic mass is 19.1. The first-order chi connectivity index (χ1) is 12.8. The Kier molecular flexibility index (Phi) is 5.36. The molecular weight excluding hydrogens is 355 g/mol. The van der Waals surface area contributed by atoms with Crippen LogP contribution in [0.1, 0.15) is 5.69 Å². The molecule has 1 N–H and O–H groups in total. The van der Waals surface area contributed by atoms with E-state index in [0.29, 0.717) is 43.4 Å². The van der Waals surface area contributed by atoms with Gasteiger partial charge in [-0.1, -0.05) is 0 Å². The lowest BCUT2D eigenvalue weighted by molar-refractivity contribution is -0.384. The van der Waals surface area contributed by atoms with Crippen LogP contribution in [-0.4, -0.2) is 58.2 Å². The molecule has 0 unspecified atom stereocenters.